The van der Waals surface area contributed by atoms with Gasteiger partial charge in [-0.2, -0.15) is 4.98 Å². The number of fused-ring (bicyclic) bond motifs is 1. The van der Waals surface area contributed by atoms with E-state index in [9.17, 15) is 18.4 Å². The largest absolute Gasteiger partial charge is 0.456 e. The average Bonchev–Trinajstić information content (AvgIpc) is 2.85. The normalized spacial score (nSPS) is 13.2. The first-order valence-electron chi connectivity index (χ1n) is 12.6. The fourth-order valence-corrected chi connectivity index (χ4v) is 4.14. The summed E-state index contributed by atoms with van der Waals surface area (Å²) in [6.45, 7) is 7.50. The minimum atomic E-state index is -0.973. The number of nitrogens with one attached hydrogen (secondary N) is 2. The molecule has 0 atom stereocenters. The molecule has 3 aromatic rings. The van der Waals surface area contributed by atoms with E-state index in [1.54, 1.807) is 20.8 Å². The summed E-state index contributed by atoms with van der Waals surface area (Å²) < 4.78 is 50.4. The van der Waals surface area contributed by atoms with Crippen LogP contribution in [0.5, 0.6) is 0 Å². The van der Waals surface area contributed by atoms with Crippen molar-refractivity contribution in [2.75, 3.05) is 37.4 Å². The van der Waals surface area contributed by atoms with Crippen molar-refractivity contribution in [3.8, 4) is 11.3 Å². The predicted molar refractivity (Wildman–Crippen MR) is 145 cm³/mol. The van der Waals surface area contributed by atoms with Crippen LogP contribution in [-0.2, 0) is 11.3 Å². The van der Waals surface area contributed by atoms with Crippen LogP contribution in [0, 0.1) is 24.4 Å². The molecule has 0 fully saturated rings. The summed E-state index contributed by atoms with van der Waals surface area (Å²) in [7, 11) is 3.75. The summed E-state index contributed by atoms with van der Waals surface area (Å²) in [4.78, 5) is 37.6. The third-order valence-electron chi connectivity index (χ3n) is 6.05. The van der Waals surface area contributed by atoms with Crippen molar-refractivity contribution in [2.45, 2.75) is 39.8 Å². The molecule has 2 heterocycles. The Morgan fingerprint density at radius 1 is 1.12 bits per heavy atom. The van der Waals surface area contributed by atoms with Crippen LogP contribution in [0.1, 0.15) is 42.3 Å². The fraction of sp³-hybridized carbons (Fsp3) is 0.357. The number of carbonyl (C=O) groups excluding carboxylic acids is 2. The minimum absolute atomic E-state index is 0.0423. The third-order valence-corrected chi connectivity index (χ3v) is 6.05. The van der Waals surface area contributed by atoms with E-state index in [1.807, 2.05) is 19.0 Å². The topological polar surface area (TPSA) is 99.7 Å². The van der Waals surface area contributed by atoms with Gasteiger partial charge in [0.15, 0.2) is 5.82 Å². The number of hydrogen-bond donors (Lipinski definition) is 2. The lowest BCUT2D eigenvalue weighted by atomic mass is 9.97. The minimum Gasteiger partial charge on any atom is -0.456 e. The molecule has 0 unspecified atom stereocenters. The Morgan fingerprint density at radius 3 is 2.42 bits per heavy atom. The van der Waals surface area contributed by atoms with Crippen LogP contribution < -0.4 is 15.5 Å². The molecular formula is C28H31F3N6O3. The van der Waals surface area contributed by atoms with E-state index in [0.717, 1.165) is 23.1 Å². The lowest BCUT2D eigenvalue weighted by molar-refractivity contribution is 0.00689. The maximum absolute atomic E-state index is 15.2. The van der Waals surface area contributed by atoms with Gasteiger partial charge >= 0.3 is 12.0 Å². The lowest BCUT2D eigenvalue weighted by Crippen LogP contribution is -2.43. The number of aromatic nitrogens is 2. The molecule has 40 heavy (non-hydrogen) atoms. The van der Waals surface area contributed by atoms with Gasteiger partial charge in [-0.05, 0) is 71.6 Å². The molecule has 1 aliphatic rings. The second kappa shape index (κ2) is 11.1. The van der Waals surface area contributed by atoms with Crippen LogP contribution >= 0.6 is 0 Å². The zero-order valence-electron chi connectivity index (χ0n) is 23.2. The number of urea groups is 1. The maximum Gasteiger partial charge on any atom is 0.338 e. The molecule has 1 aromatic heterocycles. The molecule has 2 N–H and O–H groups in total. The number of benzene rings is 2. The van der Waals surface area contributed by atoms with Crippen molar-refractivity contribution in [1.82, 2.24) is 20.2 Å². The SMILES string of the molecule is Cc1c(F)cc(C(=O)OC(C)(C)C)cc1-c1nc(NCCN(C)C)nc2c1CNC(=O)N2c1c(F)cccc1F. The molecule has 0 spiro atoms. The highest BCUT2D eigenvalue weighted by Crippen LogP contribution is 2.39. The summed E-state index contributed by atoms with van der Waals surface area (Å²) >= 11 is 0. The van der Waals surface area contributed by atoms with Gasteiger partial charge in [0.25, 0.3) is 0 Å². The van der Waals surface area contributed by atoms with Gasteiger partial charge in [-0.15, -0.1) is 0 Å². The van der Waals surface area contributed by atoms with Crippen LogP contribution in [0.4, 0.5) is 35.4 Å². The van der Waals surface area contributed by atoms with Gasteiger partial charge in [-0.25, -0.2) is 32.6 Å². The summed E-state index contributed by atoms with van der Waals surface area (Å²) in [6, 6.07) is 4.98. The predicted octanol–water partition coefficient (Wildman–Crippen LogP) is 5.16. The van der Waals surface area contributed by atoms with E-state index >= 15 is 4.39 Å². The number of carbonyl (C=O) groups is 2. The number of esters is 1. The van der Waals surface area contributed by atoms with Gasteiger partial charge in [0.1, 0.15) is 28.7 Å². The first kappa shape index (κ1) is 28.8. The standard InChI is InChI=1S/C28H31F3N6O3/c1-15-17(12-16(13-21(15)31)25(38)40-28(2,3)4)22-18-14-33-27(39)37(23-19(29)8-7-9-20(23)30)24(18)35-26(34-22)32-10-11-36(5)6/h7-9,12-13H,10-11,14H2,1-6H3,(H,33,39)(H,32,34,35). The van der Waals surface area contributed by atoms with Crippen molar-refractivity contribution in [2.24, 2.45) is 0 Å². The van der Waals surface area contributed by atoms with Crippen LogP contribution in [-0.4, -0.2) is 59.7 Å². The van der Waals surface area contributed by atoms with Crippen LogP contribution in [0.25, 0.3) is 11.3 Å². The molecule has 1 aliphatic heterocycles. The highest BCUT2D eigenvalue weighted by atomic mass is 19.1. The molecule has 9 nitrogen and oxygen atoms in total. The second-order valence-corrected chi connectivity index (χ2v) is 10.6. The second-order valence-electron chi connectivity index (χ2n) is 10.6. The van der Waals surface area contributed by atoms with E-state index in [0.29, 0.717) is 13.1 Å². The molecule has 2 aromatic carbocycles. The van der Waals surface area contributed by atoms with Gasteiger partial charge in [-0.3, -0.25) is 0 Å². The fourth-order valence-electron chi connectivity index (χ4n) is 4.14. The number of nitrogens with zero attached hydrogens (tertiary/aromatic N) is 4. The van der Waals surface area contributed by atoms with Crippen molar-refractivity contribution >= 4 is 29.5 Å². The molecule has 2 amide bonds. The number of para-hydroxylation sites is 1. The smallest absolute Gasteiger partial charge is 0.338 e. The Hall–Kier alpha value is -4.19. The van der Waals surface area contributed by atoms with Crippen molar-refractivity contribution in [1.29, 1.82) is 0 Å². The molecule has 0 radical (unpaired) electrons. The van der Waals surface area contributed by atoms with Crippen molar-refractivity contribution < 1.29 is 27.5 Å². The lowest BCUT2D eigenvalue weighted by Gasteiger charge is -2.31. The highest BCUT2D eigenvalue weighted by Gasteiger charge is 2.34. The Kier molecular flexibility index (Phi) is 8.01. The van der Waals surface area contributed by atoms with Crippen LogP contribution in [0.3, 0.4) is 0 Å². The number of likely N-dealkylation sites (N-methyl/N-ethyl adjacent to an activating group) is 1. The monoisotopic (exact) mass is 556 g/mol. The van der Waals surface area contributed by atoms with Crippen LogP contribution in [0.2, 0.25) is 0 Å². The summed E-state index contributed by atoms with van der Waals surface area (Å²) in [6.07, 6.45) is 0. The van der Waals surface area contributed by atoms with E-state index in [-0.39, 0.29) is 46.3 Å². The van der Waals surface area contributed by atoms with E-state index in [1.165, 1.54) is 19.1 Å². The number of rotatable bonds is 7. The maximum atomic E-state index is 15.2. The average molecular weight is 557 g/mol. The molecular weight excluding hydrogens is 525 g/mol. The molecule has 0 aliphatic carbocycles. The molecule has 12 heteroatoms. The van der Waals surface area contributed by atoms with Gasteiger partial charge in [0.05, 0.1) is 17.8 Å². The Balaban J connectivity index is 1.95. The molecule has 0 saturated heterocycles. The summed E-state index contributed by atoms with van der Waals surface area (Å²) in [5.41, 5.74) is -0.599. The Labute approximate surface area is 230 Å². The van der Waals surface area contributed by atoms with E-state index < -0.39 is 40.7 Å². The number of anilines is 3. The van der Waals surface area contributed by atoms with E-state index in [2.05, 4.69) is 20.6 Å². The Morgan fingerprint density at radius 2 is 1.80 bits per heavy atom. The van der Waals surface area contributed by atoms with Crippen molar-refractivity contribution in [3.63, 3.8) is 0 Å². The Bertz CT molecular complexity index is 1450. The first-order chi connectivity index (χ1) is 18.8. The number of amides is 2. The number of halogens is 3. The molecule has 4 rings (SSSR count). The van der Waals surface area contributed by atoms with Gasteiger partial charge in [0.2, 0.25) is 5.95 Å². The molecule has 0 bridgehead atoms. The van der Waals surface area contributed by atoms with Crippen molar-refractivity contribution in [3.05, 3.63) is 64.5 Å². The third kappa shape index (κ3) is 6.01. The first-order valence-corrected chi connectivity index (χ1v) is 12.6. The highest BCUT2D eigenvalue weighted by molar-refractivity contribution is 6.02. The summed E-state index contributed by atoms with van der Waals surface area (Å²) in [5.74, 6) is -3.38. The molecule has 212 valence electrons. The number of ether oxygens (including phenoxy) is 1. The summed E-state index contributed by atoms with van der Waals surface area (Å²) in [5, 5.41) is 5.65. The zero-order valence-corrected chi connectivity index (χ0v) is 23.2. The zero-order chi connectivity index (χ0) is 29.4. The van der Waals surface area contributed by atoms with E-state index in [4.69, 9.17) is 4.74 Å². The van der Waals surface area contributed by atoms with Gasteiger partial charge < -0.3 is 20.3 Å². The van der Waals surface area contributed by atoms with Gasteiger partial charge in [-0.1, -0.05) is 6.07 Å². The van der Waals surface area contributed by atoms with Gasteiger partial charge in [0, 0.05) is 24.2 Å². The van der Waals surface area contributed by atoms with Crippen LogP contribution in [0.15, 0.2) is 30.3 Å². The quantitative estimate of drug-likeness (QED) is 0.388. The molecule has 0 saturated carbocycles. The number of hydrogen-bond acceptors (Lipinski definition) is 7.